The molecule has 0 fully saturated rings. The molecule has 0 aliphatic heterocycles. The molecule has 10 heavy (non-hydrogen) atoms. The summed E-state index contributed by atoms with van der Waals surface area (Å²) in [6, 6.07) is 0. The predicted molar refractivity (Wildman–Crippen MR) is 44.5 cm³/mol. The zero-order valence-corrected chi connectivity index (χ0v) is 8.46. The van der Waals surface area contributed by atoms with Crippen LogP contribution in [-0.4, -0.2) is 16.1 Å². The zero-order chi connectivity index (χ0) is 7.72. The maximum Gasteiger partial charge on any atom is 0.356 e. The highest BCUT2D eigenvalue weighted by atomic mass is 79.9. The van der Waals surface area contributed by atoms with E-state index in [2.05, 4.69) is 36.8 Å². The summed E-state index contributed by atoms with van der Waals surface area (Å²) in [5, 5.41) is 8.47. The van der Waals surface area contributed by atoms with Gasteiger partial charge in [-0.3, -0.25) is 0 Å². The normalized spacial score (nSPS) is 9.80. The molecule has 1 N–H and O–H groups in total. The smallest absolute Gasteiger partial charge is 0.356 e. The highest BCUT2D eigenvalue weighted by Crippen LogP contribution is 2.28. The second-order valence-corrected chi connectivity index (χ2v) is 4.99. The first-order valence-electron chi connectivity index (χ1n) is 2.16. The number of hydrogen-bond donors (Lipinski definition) is 1. The molecule has 1 rings (SSSR count). The topological polar surface area (TPSA) is 50.2 Å². The fourth-order valence-corrected chi connectivity index (χ4v) is 2.96. The molecule has 3 nitrogen and oxygen atoms in total. The van der Waals surface area contributed by atoms with Gasteiger partial charge in [-0.2, -0.15) is 0 Å². The lowest BCUT2D eigenvalue weighted by atomic mass is 10.5. The fraction of sp³-hybridized carbons (Fsp3) is 0. The maximum atomic E-state index is 10.3. The fourth-order valence-electron chi connectivity index (χ4n) is 0.409. The molecule has 1 heterocycles. The largest absolute Gasteiger partial charge is 0.476 e. The number of rotatable bonds is 1. The Balaban J connectivity index is 3.15. The average Bonchev–Trinajstić information content (AvgIpc) is 2.10. The van der Waals surface area contributed by atoms with Gasteiger partial charge in [0.25, 0.3) is 0 Å². The highest BCUT2D eigenvalue weighted by Gasteiger charge is 2.13. The van der Waals surface area contributed by atoms with Gasteiger partial charge in [0.05, 0.1) is 0 Å². The summed E-state index contributed by atoms with van der Waals surface area (Å²) in [7, 11) is 0. The predicted octanol–water partition coefficient (Wildman–Crippen LogP) is 2.37. The van der Waals surface area contributed by atoms with Crippen LogP contribution in [0.25, 0.3) is 0 Å². The number of halogens is 2. The Kier molecular flexibility index (Phi) is 2.43. The Morgan fingerprint density at radius 2 is 2.20 bits per heavy atom. The number of hydrogen-bond acceptors (Lipinski definition) is 3. The van der Waals surface area contributed by atoms with Crippen molar-refractivity contribution < 1.29 is 9.90 Å². The van der Waals surface area contributed by atoms with Gasteiger partial charge >= 0.3 is 5.97 Å². The van der Waals surface area contributed by atoms with Gasteiger partial charge in [0.2, 0.25) is 0 Å². The van der Waals surface area contributed by atoms with E-state index >= 15 is 0 Å². The van der Waals surface area contributed by atoms with Crippen molar-refractivity contribution in [3.8, 4) is 0 Å². The maximum absolute atomic E-state index is 10.3. The molecule has 0 aromatic carbocycles. The molecule has 0 atom stereocenters. The van der Waals surface area contributed by atoms with Crippen molar-refractivity contribution in [2.75, 3.05) is 0 Å². The van der Waals surface area contributed by atoms with E-state index in [0.717, 1.165) is 0 Å². The first-order valence-corrected chi connectivity index (χ1v) is 4.56. The third kappa shape index (κ3) is 1.56. The zero-order valence-electron chi connectivity index (χ0n) is 4.47. The first-order chi connectivity index (χ1) is 4.61. The van der Waals surface area contributed by atoms with Crippen LogP contribution < -0.4 is 0 Å². The summed E-state index contributed by atoms with van der Waals surface area (Å²) in [5.74, 6) is -1.02. The van der Waals surface area contributed by atoms with E-state index in [0.29, 0.717) is 7.70 Å². The average molecular weight is 287 g/mol. The third-order valence-electron chi connectivity index (χ3n) is 0.762. The number of aromatic nitrogens is 1. The molecular formula is C4HBr2NO2S. The van der Waals surface area contributed by atoms with Crippen molar-refractivity contribution in [1.29, 1.82) is 0 Å². The van der Waals surface area contributed by atoms with E-state index in [9.17, 15) is 4.79 Å². The number of carbonyl (C=O) groups is 1. The van der Waals surface area contributed by atoms with Crippen LogP contribution in [0.3, 0.4) is 0 Å². The quantitative estimate of drug-likeness (QED) is 0.862. The van der Waals surface area contributed by atoms with E-state index in [-0.39, 0.29) is 5.69 Å². The number of carboxylic acid groups (broad SMARTS) is 1. The van der Waals surface area contributed by atoms with Gasteiger partial charge < -0.3 is 5.11 Å². The number of nitrogens with zero attached hydrogens (tertiary/aromatic N) is 1. The van der Waals surface area contributed by atoms with Crippen molar-refractivity contribution in [3.05, 3.63) is 13.4 Å². The van der Waals surface area contributed by atoms with Crippen LogP contribution in [0, 0.1) is 0 Å². The van der Waals surface area contributed by atoms with Crippen LogP contribution in [0.2, 0.25) is 0 Å². The SMILES string of the molecule is O=C(O)c1nc(Br)sc1Br. The molecule has 54 valence electrons. The van der Waals surface area contributed by atoms with Crippen molar-refractivity contribution in [1.82, 2.24) is 4.98 Å². The molecule has 0 aliphatic rings. The van der Waals surface area contributed by atoms with Gasteiger partial charge in [-0.05, 0) is 31.9 Å². The molecule has 0 radical (unpaired) electrons. The summed E-state index contributed by atoms with van der Waals surface area (Å²) in [5.41, 5.74) is 0.0527. The minimum atomic E-state index is -1.02. The minimum Gasteiger partial charge on any atom is -0.476 e. The summed E-state index contributed by atoms with van der Waals surface area (Å²) in [6.45, 7) is 0. The highest BCUT2D eigenvalue weighted by molar-refractivity contribution is 9.12. The van der Waals surface area contributed by atoms with Crippen LogP contribution in [0.15, 0.2) is 7.70 Å². The molecule has 6 heteroatoms. The number of aromatic carboxylic acids is 1. The number of thiazole rings is 1. The van der Waals surface area contributed by atoms with E-state index in [1.807, 2.05) is 0 Å². The lowest BCUT2D eigenvalue weighted by Gasteiger charge is -1.82. The Morgan fingerprint density at radius 3 is 2.40 bits per heavy atom. The second-order valence-electron chi connectivity index (χ2n) is 1.39. The molecule has 0 spiro atoms. The van der Waals surface area contributed by atoms with Gasteiger partial charge in [0.15, 0.2) is 9.61 Å². The molecule has 1 aromatic rings. The molecule has 0 bridgehead atoms. The molecular weight excluding hydrogens is 286 g/mol. The molecule has 0 saturated carbocycles. The van der Waals surface area contributed by atoms with Gasteiger partial charge in [-0.25, -0.2) is 9.78 Å². The van der Waals surface area contributed by atoms with Crippen molar-refractivity contribution in [3.63, 3.8) is 0 Å². The lowest BCUT2D eigenvalue weighted by molar-refractivity contribution is 0.0690. The van der Waals surface area contributed by atoms with Crippen molar-refractivity contribution in [2.45, 2.75) is 0 Å². The van der Waals surface area contributed by atoms with Crippen LogP contribution in [0.4, 0.5) is 0 Å². The third-order valence-corrected chi connectivity index (χ3v) is 2.92. The Hall–Kier alpha value is 0.0600. The molecule has 0 amide bonds. The Labute approximate surface area is 77.3 Å². The van der Waals surface area contributed by atoms with Gasteiger partial charge in [-0.15, -0.1) is 0 Å². The van der Waals surface area contributed by atoms with Crippen LogP contribution >= 0.6 is 43.2 Å². The monoisotopic (exact) mass is 285 g/mol. The van der Waals surface area contributed by atoms with E-state index in [1.165, 1.54) is 11.3 Å². The molecule has 0 unspecified atom stereocenters. The van der Waals surface area contributed by atoms with E-state index < -0.39 is 5.97 Å². The first kappa shape index (κ1) is 8.16. The lowest BCUT2D eigenvalue weighted by Crippen LogP contribution is -1.96. The van der Waals surface area contributed by atoms with Crippen LogP contribution in [-0.2, 0) is 0 Å². The Morgan fingerprint density at radius 1 is 1.60 bits per heavy atom. The summed E-state index contributed by atoms with van der Waals surface area (Å²) >= 11 is 7.37. The van der Waals surface area contributed by atoms with Gasteiger partial charge in [-0.1, -0.05) is 11.3 Å². The standard InChI is InChI=1S/C4HBr2NO2S/c5-2-1(3(8)9)7-4(6)10-2/h(H,8,9). The van der Waals surface area contributed by atoms with E-state index in [4.69, 9.17) is 5.11 Å². The summed E-state index contributed by atoms with van der Waals surface area (Å²) in [6.07, 6.45) is 0. The van der Waals surface area contributed by atoms with Gasteiger partial charge in [0, 0.05) is 0 Å². The molecule has 0 aliphatic carbocycles. The molecule has 1 aromatic heterocycles. The summed E-state index contributed by atoms with van der Waals surface area (Å²) < 4.78 is 1.10. The minimum absolute atomic E-state index is 0.0527. The van der Waals surface area contributed by atoms with Crippen molar-refractivity contribution in [2.24, 2.45) is 0 Å². The van der Waals surface area contributed by atoms with Gasteiger partial charge in [0.1, 0.15) is 3.79 Å². The molecule has 0 saturated heterocycles. The Bertz CT molecular complexity index is 272. The van der Waals surface area contributed by atoms with Crippen LogP contribution in [0.5, 0.6) is 0 Å². The number of carboxylic acids is 1. The van der Waals surface area contributed by atoms with E-state index in [1.54, 1.807) is 0 Å². The van der Waals surface area contributed by atoms with Crippen molar-refractivity contribution >= 4 is 49.2 Å². The van der Waals surface area contributed by atoms with Crippen LogP contribution in [0.1, 0.15) is 10.5 Å². The summed E-state index contributed by atoms with van der Waals surface area (Å²) in [4.78, 5) is 14.0. The second kappa shape index (κ2) is 2.98.